The number of hydrogen-bond acceptors (Lipinski definition) is 3. The second-order valence-electron chi connectivity index (χ2n) is 4.78. The maximum absolute atomic E-state index is 12.3. The minimum Gasteiger partial charge on any atom is -0.359 e. The highest BCUT2D eigenvalue weighted by atomic mass is 16.2. The van der Waals surface area contributed by atoms with Gasteiger partial charge in [-0.25, -0.2) is 0 Å². The van der Waals surface area contributed by atoms with Crippen LogP contribution in [0.4, 0.5) is 0 Å². The Balaban J connectivity index is 2.72. The molecule has 0 bridgehead atoms. The molecule has 0 saturated heterocycles. The van der Waals surface area contributed by atoms with Gasteiger partial charge in [0.2, 0.25) is 5.91 Å². The highest BCUT2D eigenvalue weighted by Gasteiger charge is 2.18. The van der Waals surface area contributed by atoms with E-state index in [1.54, 1.807) is 50.2 Å². The molecule has 0 aliphatic carbocycles. The van der Waals surface area contributed by atoms with Crippen molar-refractivity contribution < 1.29 is 9.59 Å². The molecule has 1 aromatic carbocycles. The summed E-state index contributed by atoms with van der Waals surface area (Å²) in [6, 6.07) is 7.02. The third-order valence-electron chi connectivity index (χ3n) is 3.06. The lowest BCUT2D eigenvalue weighted by Gasteiger charge is -2.20. The van der Waals surface area contributed by atoms with Crippen LogP contribution in [-0.2, 0) is 4.79 Å². The average molecular weight is 287 g/mol. The van der Waals surface area contributed by atoms with Gasteiger partial charge in [-0.15, -0.1) is 0 Å². The molecule has 0 saturated carbocycles. The zero-order valence-corrected chi connectivity index (χ0v) is 12.6. The van der Waals surface area contributed by atoms with Crippen molar-refractivity contribution in [3.05, 3.63) is 35.4 Å². The van der Waals surface area contributed by atoms with Crippen molar-refractivity contribution >= 4 is 11.8 Å². The summed E-state index contributed by atoms with van der Waals surface area (Å²) in [7, 11) is 3.27. The quantitative estimate of drug-likeness (QED) is 0.790. The molecule has 1 unspecified atom stereocenters. The number of nitrogens with one attached hydrogen (secondary N) is 1. The maximum atomic E-state index is 12.3. The molecule has 112 valence electrons. The molecule has 5 heteroatoms. The lowest BCUT2D eigenvalue weighted by molar-refractivity contribution is -0.124. The third kappa shape index (κ3) is 4.93. The highest BCUT2D eigenvalue weighted by Crippen LogP contribution is 2.08. The van der Waals surface area contributed by atoms with Crippen LogP contribution in [-0.4, -0.2) is 43.9 Å². The molecule has 0 heterocycles. The first-order chi connectivity index (χ1) is 9.99. The number of rotatable bonds is 4. The Bertz CT molecular complexity index is 555. The Kier molecular flexibility index (Phi) is 6.44. The van der Waals surface area contributed by atoms with Crippen LogP contribution in [0, 0.1) is 17.8 Å². The van der Waals surface area contributed by atoms with E-state index in [0.29, 0.717) is 18.7 Å². The lowest BCUT2D eigenvalue weighted by Crippen LogP contribution is -2.37. The van der Waals surface area contributed by atoms with Crippen molar-refractivity contribution in [2.45, 2.75) is 6.92 Å². The van der Waals surface area contributed by atoms with Gasteiger partial charge in [0.15, 0.2) is 0 Å². The van der Waals surface area contributed by atoms with E-state index < -0.39 is 0 Å². The largest absolute Gasteiger partial charge is 0.359 e. The number of nitrogens with zero attached hydrogens (tertiary/aromatic N) is 1. The molecular formula is C16H21N3O2. The SMILES string of the molecule is CNC(=O)C(C)CN(C)C(=O)c1ccc(C#CCN)cc1. The van der Waals surface area contributed by atoms with E-state index in [4.69, 9.17) is 5.73 Å². The van der Waals surface area contributed by atoms with Gasteiger partial charge in [-0.05, 0) is 24.3 Å². The van der Waals surface area contributed by atoms with Gasteiger partial charge >= 0.3 is 0 Å². The Morgan fingerprint density at radius 3 is 2.48 bits per heavy atom. The Morgan fingerprint density at radius 2 is 1.95 bits per heavy atom. The van der Waals surface area contributed by atoms with Crippen LogP contribution in [0.15, 0.2) is 24.3 Å². The van der Waals surface area contributed by atoms with Gasteiger partial charge in [0.05, 0.1) is 12.5 Å². The summed E-state index contributed by atoms with van der Waals surface area (Å²) in [5, 5.41) is 2.57. The summed E-state index contributed by atoms with van der Waals surface area (Å²) in [6.07, 6.45) is 0. The molecule has 0 spiro atoms. The van der Waals surface area contributed by atoms with Crippen LogP contribution >= 0.6 is 0 Å². The Labute approximate surface area is 125 Å². The number of benzene rings is 1. The van der Waals surface area contributed by atoms with Crippen molar-refractivity contribution in [3.8, 4) is 11.8 Å². The van der Waals surface area contributed by atoms with Crippen LogP contribution in [0.3, 0.4) is 0 Å². The van der Waals surface area contributed by atoms with Crippen molar-refractivity contribution in [1.29, 1.82) is 0 Å². The second-order valence-corrected chi connectivity index (χ2v) is 4.78. The minimum atomic E-state index is -0.251. The molecule has 0 aliphatic rings. The number of nitrogens with two attached hydrogens (primary N) is 1. The molecule has 3 N–H and O–H groups in total. The number of hydrogen-bond donors (Lipinski definition) is 2. The molecule has 2 amide bonds. The third-order valence-corrected chi connectivity index (χ3v) is 3.06. The first-order valence-corrected chi connectivity index (χ1v) is 6.75. The van der Waals surface area contributed by atoms with Crippen molar-refractivity contribution in [2.24, 2.45) is 11.7 Å². The number of amides is 2. The van der Waals surface area contributed by atoms with Gasteiger partial charge in [0.25, 0.3) is 5.91 Å². The van der Waals surface area contributed by atoms with E-state index in [1.807, 2.05) is 0 Å². The topological polar surface area (TPSA) is 75.4 Å². The zero-order chi connectivity index (χ0) is 15.8. The normalized spacial score (nSPS) is 11.0. The predicted octanol–water partition coefficient (Wildman–Crippen LogP) is 0.451. The predicted molar refractivity (Wildman–Crippen MR) is 82.6 cm³/mol. The van der Waals surface area contributed by atoms with Crippen LogP contribution in [0.25, 0.3) is 0 Å². The Morgan fingerprint density at radius 1 is 1.33 bits per heavy atom. The van der Waals surface area contributed by atoms with Gasteiger partial charge < -0.3 is 16.0 Å². The van der Waals surface area contributed by atoms with E-state index in [1.165, 1.54) is 0 Å². The van der Waals surface area contributed by atoms with E-state index in [0.717, 1.165) is 5.56 Å². The van der Waals surface area contributed by atoms with Crippen LogP contribution in [0.1, 0.15) is 22.8 Å². The second kappa shape index (κ2) is 8.08. The summed E-state index contributed by atoms with van der Waals surface area (Å²) >= 11 is 0. The molecule has 1 atom stereocenters. The molecular weight excluding hydrogens is 266 g/mol. The molecule has 0 radical (unpaired) electrons. The highest BCUT2D eigenvalue weighted by molar-refractivity contribution is 5.94. The maximum Gasteiger partial charge on any atom is 0.253 e. The minimum absolute atomic E-state index is 0.0814. The average Bonchev–Trinajstić information content (AvgIpc) is 2.51. The summed E-state index contributed by atoms with van der Waals surface area (Å²) in [5.74, 6) is 5.21. The summed E-state index contributed by atoms with van der Waals surface area (Å²) in [5.41, 5.74) is 6.70. The molecule has 5 nitrogen and oxygen atoms in total. The van der Waals surface area contributed by atoms with E-state index in [-0.39, 0.29) is 17.7 Å². The van der Waals surface area contributed by atoms with Crippen LogP contribution in [0.2, 0.25) is 0 Å². The number of carbonyl (C=O) groups excluding carboxylic acids is 2. The van der Waals surface area contributed by atoms with Gasteiger partial charge in [-0.3, -0.25) is 9.59 Å². The van der Waals surface area contributed by atoms with E-state index >= 15 is 0 Å². The lowest BCUT2D eigenvalue weighted by atomic mass is 10.1. The summed E-state index contributed by atoms with van der Waals surface area (Å²) in [6.45, 7) is 2.46. The van der Waals surface area contributed by atoms with Crippen LogP contribution < -0.4 is 11.1 Å². The van der Waals surface area contributed by atoms with Crippen molar-refractivity contribution in [2.75, 3.05) is 27.2 Å². The Hall–Kier alpha value is -2.32. The first-order valence-electron chi connectivity index (χ1n) is 6.75. The molecule has 0 fully saturated rings. The van der Waals surface area contributed by atoms with Crippen LogP contribution in [0.5, 0.6) is 0 Å². The fourth-order valence-electron chi connectivity index (χ4n) is 1.89. The zero-order valence-electron chi connectivity index (χ0n) is 12.6. The van der Waals surface area contributed by atoms with E-state index in [2.05, 4.69) is 17.2 Å². The summed E-state index contributed by atoms with van der Waals surface area (Å²) in [4.78, 5) is 25.3. The molecule has 1 rings (SSSR count). The first kappa shape index (κ1) is 16.7. The molecule has 0 aromatic heterocycles. The van der Waals surface area contributed by atoms with Gasteiger partial charge in [-0.2, -0.15) is 0 Å². The monoisotopic (exact) mass is 287 g/mol. The molecule has 21 heavy (non-hydrogen) atoms. The fourth-order valence-corrected chi connectivity index (χ4v) is 1.89. The number of carbonyl (C=O) groups is 2. The van der Waals surface area contributed by atoms with Crippen molar-refractivity contribution in [3.63, 3.8) is 0 Å². The standard InChI is InChI=1S/C16H21N3O2/c1-12(15(20)18-2)11-19(3)16(21)14-8-6-13(7-9-14)5-4-10-17/h6-9,12H,10-11,17H2,1-3H3,(H,18,20). The van der Waals surface area contributed by atoms with Gasteiger partial charge in [0, 0.05) is 31.8 Å². The van der Waals surface area contributed by atoms with E-state index in [9.17, 15) is 9.59 Å². The fraction of sp³-hybridized carbons (Fsp3) is 0.375. The van der Waals surface area contributed by atoms with Gasteiger partial charge in [-0.1, -0.05) is 18.8 Å². The molecule has 1 aromatic rings. The summed E-state index contributed by atoms with van der Waals surface area (Å²) < 4.78 is 0. The smallest absolute Gasteiger partial charge is 0.253 e. The van der Waals surface area contributed by atoms with Gasteiger partial charge in [0.1, 0.15) is 0 Å². The molecule has 0 aliphatic heterocycles. The van der Waals surface area contributed by atoms with Crippen molar-refractivity contribution in [1.82, 2.24) is 10.2 Å².